The molecule has 0 aliphatic heterocycles. The van der Waals surface area contributed by atoms with E-state index in [4.69, 9.17) is 0 Å². The van der Waals surface area contributed by atoms with Crippen molar-refractivity contribution in [1.82, 2.24) is 10.6 Å². The normalized spacial score (nSPS) is 11.6. The molecule has 6 aromatic rings. The van der Waals surface area contributed by atoms with Crippen molar-refractivity contribution in [2.24, 2.45) is 0 Å². The number of urea groups is 1. The van der Waals surface area contributed by atoms with Gasteiger partial charge in [0, 0.05) is 22.5 Å². The number of carbonyl (C=O) groups is 3. The minimum absolute atomic E-state index is 0.00175. The van der Waals surface area contributed by atoms with Crippen LogP contribution in [0.2, 0.25) is 0 Å². The van der Waals surface area contributed by atoms with E-state index < -0.39 is 47.9 Å². The van der Waals surface area contributed by atoms with Crippen molar-refractivity contribution in [3.8, 4) is 11.5 Å². The molecule has 0 atom stereocenters. The molecular formula is C37H30N4O11S2. The number of amides is 4. The molecule has 6 rings (SSSR count). The Labute approximate surface area is 307 Å². The lowest BCUT2D eigenvalue weighted by Crippen LogP contribution is -2.42. The highest BCUT2D eigenvalue weighted by Gasteiger charge is 2.21. The van der Waals surface area contributed by atoms with Crippen LogP contribution < -0.4 is 21.3 Å². The summed E-state index contributed by atoms with van der Waals surface area (Å²) in [6, 6.07) is 21.4. The van der Waals surface area contributed by atoms with Crippen molar-refractivity contribution in [2.75, 3.05) is 10.6 Å². The Hall–Kier alpha value is -6.53. The zero-order valence-corrected chi connectivity index (χ0v) is 29.8. The second-order valence-electron chi connectivity index (χ2n) is 12.3. The van der Waals surface area contributed by atoms with Crippen LogP contribution in [0.1, 0.15) is 31.8 Å². The van der Waals surface area contributed by atoms with E-state index in [1.807, 2.05) is 0 Å². The maximum absolute atomic E-state index is 13.0. The van der Waals surface area contributed by atoms with Gasteiger partial charge in [0.1, 0.15) is 21.3 Å². The highest BCUT2D eigenvalue weighted by Crippen LogP contribution is 2.34. The SMILES string of the molecule is Cc1cc(Nc2cc3cc(O)ccc3cc2S(=O)(=O)O)ccc1C(=O)NC(=O)NC(=O)c1ccc(Nc2cc3cc(O)ccc3cc2S(=O)(=O)O)cc1C. The van der Waals surface area contributed by atoms with Gasteiger partial charge in [0.15, 0.2) is 0 Å². The fourth-order valence-corrected chi connectivity index (χ4v) is 7.15. The summed E-state index contributed by atoms with van der Waals surface area (Å²) in [5.74, 6) is -1.80. The Morgan fingerprint density at radius 1 is 0.500 bits per heavy atom. The van der Waals surface area contributed by atoms with Gasteiger partial charge in [-0.25, -0.2) is 4.79 Å². The molecule has 0 aromatic heterocycles. The Kier molecular flexibility index (Phi) is 9.74. The van der Waals surface area contributed by atoms with E-state index in [-0.39, 0.29) is 34.0 Å². The number of fused-ring (bicyclic) bond motifs is 2. The third-order valence-corrected chi connectivity index (χ3v) is 10.1. The molecule has 0 bridgehead atoms. The standard InChI is InChI=1S/C37H30N4O11S2/c1-19-11-25(38-31-15-23-13-27(42)7-3-21(23)17-33(31)53(47,48)49)5-9-29(19)35(44)40-37(46)41-36(45)30-10-6-26(12-20(30)2)39-32-16-24-14-28(43)8-4-22(24)18-34(32)54(50,51)52/h3-18,38-39,42-43H,1-2H3,(H,47,48,49)(H,50,51,52)(H2,40,41,44,45,46). The zero-order valence-electron chi connectivity index (χ0n) is 28.2. The molecule has 0 fully saturated rings. The highest BCUT2D eigenvalue weighted by atomic mass is 32.2. The van der Waals surface area contributed by atoms with E-state index in [0.717, 1.165) is 0 Å². The minimum Gasteiger partial charge on any atom is -0.508 e. The topological polar surface area (TPSA) is 249 Å². The lowest BCUT2D eigenvalue weighted by atomic mass is 10.1. The second-order valence-corrected chi connectivity index (χ2v) is 15.0. The zero-order chi connectivity index (χ0) is 39.1. The molecule has 0 heterocycles. The molecule has 0 radical (unpaired) electrons. The maximum Gasteiger partial charge on any atom is 0.328 e. The summed E-state index contributed by atoms with van der Waals surface area (Å²) in [5.41, 5.74) is 1.50. The van der Waals surface area contributed by atoms with Crippen molar-refractivity contribution in [2.45, 2.75) is 23.6 Å². The van der Waals surface area contributed by atoms with Crippen LogP contribution in [0.25, 0.3) is 21.5 Å². The maximum atomic E-state index is 13.0. The summed E-state index contributed by atoms with van der Waals surface area (Å²) < 4.78 is 68.2. The molecule has 0 saturated carbocycles. The molecular weight excluding hydrogens is 741 g/mol. The van der Waals surface area contributed by atoms with E-state index >= 15 is 0 Å². The monoisotopic (exact) mass is 770 g/mol. The molecule has 4 amide bonds. The number of benzene rings is 6. The number of hydrogen-bond acceptors (Lipinski definition) is 11. The van der Waals surface area contributed by atoms with E-state index in [2.05, 4.69) is 21.3 Å². The molecule has 0 aliphatic rings. The van der Waals surface area contributed by atoms with Crippen LogP contribution in [0, 0.1) is 13.8 Å². The molecule has 8 N–H and O–H groups in total. The number of nitrogens with one attached hydrogen (secondary N) is 4. The number of aryl methyl sites for hydroxylation is 2. The van der Waals surface area contributed by atoms with Crippen LogP contribution in [0.5, 0.6) is 11.5 Å². The minimum atomic E-state index is -4.66. The number of anilines is 4. The average molecular weight is 771 g/mol. The third-order valence-electron chi connectivity index (χ3n) is 8.35. The number of rotatable bonds is 8. The first-order valence-electron chi connectivity index (χ1n) is 15.8. The van der Waals surface area contributed by atoms with Crippen molar-refractivity contribution < 1.29 is 50.5 Å². The van der Waals surface area contributed by atoms with Crippen molar-refractivity contribution in [3.63, 3.8) is 0 Å². The smallest absolute Gasteiger partial charge is 0.328 e. The molecule has 54 heavy (non-hydrogen) atoms. The molecule has 17 heteroatoms. The van der Waals surface area contributed by atoms with Gasteiger partial charge in [-0.05, 0) is 131 Å². The summed E-state index contributed by atoms with van der Waals surface area (Å²) in [4.78, 5) is 37.8. The summed E-state index contributed by atoms with van der Waals surface area (Å²) in [6.07, 6.45) is 0. The van der Waals surface area contributed by atoms with E-state index in [1.54, 1.807) is 13.8 Å². The van der Waals surface area contributed by atoms with Crippen LogP contribution in [0.3, 0.4) is 0 Å². The molecule has 6 aromatic carbocycles. The van der Waals surface area contributed by atoms with Crippen LogP contribution in [-0.2, 0) is 20.2 Å². The molecule has 276 valence electrons. The predicted octanol–water partition coefficient (Wildman–Crippen LogP) is 6.28. The first-order valence-corrected chi connectivity index (χ1v) is 18.6. The summed E-state index contributed by atoms with van der Waals surface area (Å²) >= 11 is 0. The average Bonchev–Trinajstić information content (AvgIpc) is 3.06. The van der Waals surface area contributed by atoms with Crippen molar-refractivity contribution >= 4 is 82.4 Å². The molecule has 0 saturated heterocycles. The highest BCUT2D eigenvalue weighted by molar-refractivity contribution is 7.86. The first-order chi connectivity index (χ1) is 25.3. The Bertz CT molecular complexity index is 2600. The van der Waals surface area contributed by atoms with Gasteiger partial charge < -0.3 is 20.8 Å². The number of carbonyl (C=O) groups excluding carboxylic acids is 3. The van der Waals surface area contributed by atoms with Gasteiger partial charge in [-0.15, -0.1) is 0 Å². The third kappa shape index (κ3) is 8.08. The molecule has 0 unspecified atom stereocenters. The van der Waals surface area contributed by atoms with Crippen molar-refractivity contribution in [1.29, 1.82) is 0 Å². The van der Waals surface area contributed by atoms with Crippen molar-refractivity contribution in [3.05, 3.63) is 119 Å². The Morgan fingerprint density at radius 2 is 0.889 bits per heavy atom. The quantitative estimate of drug-likeness (QED) is 0.0795. The van der Waals surface area contributed by atoms with Crippen LogP contribution in [0.4, 0.5) is 27.5 Å². The number of phenolic OH excluding ortho intramolecular Hbond substituents is 2. The number of aromatic hydroxyl groups is 2. The Morgan fingerprint density at radius 3 is 1.24 bits per heavy atom. The predicted molar refractivity (Wildman–Crippen MR) is 200 cm³/mol. The Balaban J connectivity index is 1.13. The van der Waals surface area contributed by atoms with Gasteiger partial charge in [-0.3, -0.25) is 29.3 Å². The second kappa shape index (κ2) is 14.1. The van der Waals surface area contributed by atoms with Gasteiger partial charge in [0.25, 0.3) is 32.1 Å². The molecule has 0 spiro atoms. The fourth-order valence-electron chi connectivity index (χ4n) is 5.83. The van der Waals surface area contributed by atoms with Gasteiger partial charge in [0.05, 0.1) is 11.4 Å². The molecule has 15 nitrogen and oxygen atoms in total. The van der Waals surface area contributed by atoms with E-state index in [1.165, 1.54) is 97.1 Å². The van der Waals surface area contributed by atoms with E-state index in [0.29, 0.717) is 44.0 Å². The van der Waals surface area contributed by atoms with Gasteiger partial charge in [-0.2, -0.15) is 16.8 Å². The van der Waals surface area contributed by atoms with Gasteiger partial charge in [0.2, 0.25) is 0 Å². The summed E-state index contributed by atoms with van der Waals surface area (Å²) in [5, 5.41) is 31.5. The lowest BCUT2D eigenvalue weighted by molar-refractivity contribution is 0.0944. The lowest BCUT2D eigenvalue weighted by Gasteiger charge is -2.15. The number of hydrogen-bond donors (Lipinski definition) is 8. The number of imide groups is 2. The van der Waals surface area contributed by atoms with Crippen LogP contribution in [-0.4, -0.2) is 54.0 Å². The van der Waals surface area contributed by atoms with Gasteiger partial charge in [-0.1, -0.05) is 12.1 Å². The summed E-state index contributed by atoms with van der Waals surface area (Å²) in [6.45, 7) is 3.12. The van der Waals surface area contributed by atoms with E-state index in [9.17, 15) is 50.5 Å². The van der Waals surface area contributed by atoms with Crippen LogP contribution in [0.15, 0.2) is 107 Å². The largest absolute Gasteiger partial charge is 0.508 e. The number of phenols is 2. The fraction of sp³-hybridized carbons (Fsp3) is 0.0541. The first kappa shape index (κ1) is 37.2. The van der Waals surface area contributed by atoms with Crippen LogP contribution >= 0.6 is 0 Å². The van der Waals surface area contributed by atoms with Gasteiger partial charge >= 0.3 is 6.03 Å². The summed E-state index contributed by atoms with van der Waals surface area (Å²) in [7, 11) is -9.32. The molecule has 0 aliphatic carbocycles.